The minimum absolute atomic E-state index is 0.138. The smallest absolute Gasteiger partial charge is 0.161 e. The summed E-state index contributed by atoms with van der Waals surface area (Å²) in [5.41, 5.74) is 2.80. The molecule has 0 fully saturated rings. The molecule has 0 radical (unpaired) electrons. The van der Waals surface area contributed by atoms with E-state index in [1.807, 2.05) is 54.6 Å². The van der Waals surface area contributed by atoms with Crippen LogP contribution in [0.2, 0.25) is 5.02 Å². The molecule has 2 atom stereocenters. The fourth-order valence-electron chi connectivity index (χ4n) is 3.14. The molecule has 0 aliphatic rings. The molecule has 0 heterocycles. The van der Waals surface area contributed by atoms with Gasteiger partial charge in [-0.15, -0.1) is 0 Å². The van der Waals surface area contributed by atoms with E-state index >= 15 is 0 Å². The van der Waals surface area contributed by atoms with Crippen LogP contribution in [0.3, 0.4) is 0 Å². The third-order valence-electron chi connectivity index (χ3n) is 4.71. The number of benzene rings is 3. The van der Waals surface area contributed by atoms with E-state index in [1.165, 1.54) is 0 Å². The highest BCUT2D eigenvalue weighted by molar-refractivity contribution is 14.1. The SMILES string of the molecule is COc1ccc(C(CC(O)c2ccc(Cl)cc2)Nc2ccc(I)cc2)cc1OC. The van der Waals surface area contributed by atoms with Gasteiger partial charge in [0, 0.05) is 20.7 Å². The average Bonchev–Trinajstić information content (AvgIpc) is 2.74. The van der Waals surface area contributed by atoms with Crippen LogP contribution in [0.5, 0.6) is 11.5 Å². The van der Waals surface area contributed by atoms with E-state index in [9.17, 15) is 5.11 Å². The zero-order valence-electron chi connectivity index (χ0n) is 16.2. The lowest BCUT2D eigenvalue weighted by molar-refractivity contribution is 0.160. The quantitative estimate of drug-likeness (QED) is 0.343. The van der Waals surface area contributed by atoms with Crippen molar-refractivity contribution in [3.8, 4) is 11.5 Å². The van der Waals surface area contributed by atoms with Gasteiger partial charge in [0.05, 0.1) is 26.4 Å². The number of halogens is 2. The lowest BCUT2D eigenvalue weighted by Crippen LogP contribution is -2.15. The highest BCUT2D eigenvalue weighted by atomic mass is 127. The largest absolute Gasteiger partial charge is 0.493 e. The molecular formula is C23H23ClINO3. The molecule has 4 nitrogen and oxygen atoms in total. The van der Waals surface area contributed by atoms with Gasteiger partial charge in [-0.2, -0.15) is 0 Å². The van der Waals surface area contributed by atoms with Crippen molar-refractivity contribution < 1.29 is 14.6 Å². The first-order valence-electron chi connectivity index (χ1n) is 9.17. The first-order valence-corrected chi connectivity index (χ1v) is 10.6. The normalized spacial score (nSPS) is 12.9. The predicted octanol–water partition coefficient (Wildman–Crippen LogP) is 6.24. The molecule has 2 unspecified atom stereocenters. The van der Waals surface area contributed by atoms with E-state index in [-0.39, 0.29) is 6.04 Å². The maximum absolute atomic E-state index is 10.9. The Kier molecular flexibility index (Phi) is 7.64. The topological polar surface area (TPSA) is 50.7 Å². The van der Waals surface area contributed by atoms with Crippen molar-refractivity contribution in [1.29, 1.82) is 0 Å². The van der Waals surface area contributed by atoms with Gasteiger partial charge >= 0.3 is 0 Å². The number of methoxy groups -OCH3 is 2. The molecule has 0 bridgehead atoms. The molecule has 3 rings (SSSR count). The molecule has 3 aromatic carbocycles. The molecule has 0 aliphatic carbocycles. The van der Waals surface area contributed by atoms with Crippen molar-refractivity contribution in [1.82, 2.24) is 0 Å². The predicted molar refractivity (Wildman–Crippen MR) is 126 cm³/mol. The van der Waals surface area contributed by atoms with E-state index in [2.05, 4.69) is 27.9 Å². The van der Waals surface area contributed by atoms with E-state index in [0.717, 1.165) is 20.4 Å². The first kappa shape index (κ1) is 21.7. The molecule has 6 heteroatoms. The number of hydrogen-bond donors (Lipinski definition) is 2. The highest BCUT2D eigenvalue weighted by Gasteiger charge is 2.20. The van der Waals surface area contributed by atoms with Crippen LogP contribution in [0.15, 0.2) is 66.7 Å². The lowest BCUT2D eigenvalue weighted by Gasteiger charge is -2.24. The molecule has 0 saturated heterocycles. The Morgan fingerprint density at radius 2 is 1.52 bits per heavy atom. The number of nitrogens with one attached hydrogen (secondary N) is 1. The van der Waals surface area contributed by atoms with Gasteiger partial charge < -0.3 is 19.9 Å². The highest BCUT2D eigenvalue weighted by Crippen LogP contribution is 2.35. The maximum atomic E-state index is 10.9. The van der Waals surface area contributed by atoms with Gasteiger partial charge in [-0.25, -0.2) is 0 Å². The van der Waals surface area contributed by atoms with Crippen LogP contribution in [0.25, 0.3) is 0 Å². The summed E-state index contributed by atoms with van der Waals surface area (Å²) < 4.78 is 12.0. The summed E-state index contributed by atoms with van der Waals surface area (Å²) in [6.07, 6.45) is -0.176. The second kappa shape index (κ2) is 10.2. The zero-order chi connectivity index (χ0) is 20.8. The van der Waals surface area contributed by atoms with Crippen LogP contribution < -0.4 is 14.8 Å². The van der Waals surface area contributed by atoms with Crippen molar-refractivity contribution in [3.63, 3.8) is 0 Å². The van der Waals surface area contributed by atoms with E-state index in [1.54, 1.807) is 26.4 Å². The summed E-state index contributed by atoms with van der Waals surface area (Å²) in [5.74, 6) is 1.32. The standard InChI is InChI=1S/C23H23ClINO3/c1-28-22-12-5-16(13-23(22)29-2)20(26-19-10-8-18(25)9-11-19)14-21(27)15-3-6-17(24)7-4-15/h3-13,20-21,26-27H,14H2,1-2H3. The van der Waals surface area contributed by atoms with E-state index in [4.69, 9.17) is 21.1 Å². The van der Waals surface area contributed by atoms with Gasteiger partial charge in [-0.1, -0.05) is 29.8 Å². The zero-order valence-corrected chi connectivity index (χ0v) is 19.1. The summed E-state index contributed by atoms with van der Waals surface area (Å²) in [4.78, 5) is 0. The van der Waals surface area contributed by atoms with Gasteiger partial charge in [-0.05, 0) is 82.2 Å². The van der Waals surface area contributed by atoms with Crippen molar-refractivity contribution in [3.05, 3.63) is 86.4 Å². The second-order valence-corrected chi connectivity index (χ2v) is 8.30. The van der Waals surface area contributed by atoms with Crippen LogP contribution in [0, 0.1) is 3.57 Å². The van der Waals surface area contributed by atoms with Crippen LogP contribution in [-0.2, 0) is 0 Å². The van der Waals surface area contributed by atoms with Crippen molar-refractivity contribution in [2.45, 2.75) is 18.6 Å². The molecule has 152 valence electrons. The third kappa shape index (κ3) is 5.78. The second-order valence-electron chi connectivity index (χ2n) is 6.62. The molecular weight excluding hydrogens is 501 g/mol. The van der Waals surface area contributed by atoms with Crippen molar-refractivity contribution >= 4 is 39.9 Å². The Bertz CT molecular complexity index is 932. The summed E-state index contributed by atoms with van der Waals surface area (Å²) in [5, 5.41) is 15.0. The van der Waals surface area contributed by atoms with E-state index < -0.39 is 6.10 Å². The minimum atomic E-state index is -0.651. The lowest BCUT2D eigenvalue weighted by atomic mass is 9.96. The molecule has 0 spiro atoms. The Morgan fingerprint density at radius 1 is 0.897 bits per heavy atom. The third-order valence-corrected chi connectivity index (χ3v) is 5.68. The molecule has 29 heavy (non-hydrogen) atoms. The number of anilines is 1. The fourth-order valence-corrected chi connectivity index (χ4v) is 3.63. The number of ether oxygens (including phenoxy) is 2. The maximum Gasteiger partial charge on any atom is 0.161 e. The van der Waals surface area contributed by atoms with Crippen LogP contribution >= 0.6 is 34.2 Å². The number of rotatable bonds is 8. The van der Waals surface area contributed by atoms with Crippen LogP contribution in [0.1, 0.15) is 29.7 Å². The molecule has 0 aromatic heterocycles. The molecule has 0 aliphatic heterocycles. The Labute approximate surface area is 190 Å². The summed E-state index contributed by atoms with van der Waals surface area (Å²) in [6.45, 7) is 0. The fraction of sp³-hybridized carbons (Fsp3) is 0.217. The molecule has 0 saturated carbocycles. The Hall–Kier alpha value is -1.96. The number of aliphatic hydroxyl groups is 1. The van der Waals surface area contributed by atoms with Crippen LogP contribution in [0.4, 0.5) is 5.69 Å². The van der Waals surface area contributed by atoms with Crippen LogP contribution in [-0.4, -0.2) is 19.3 Å². The minimum Gasteiger partial charge on any atom is -0.493 e. The Balaban J connectivity index is 1.90. The molecule has 3 aromatic rings. The Morgan fingerprint density at radius 3 is 2.14 bits per heavy atom. The summed E-state index contributed by atoms with van der Waals surface area (Å²) >= 11 is 8.26. The van der Waals surface area contributed by atoms with Gasteiger partial charge in [-0.3, -0.25) is 0 Å². The average molecular weight is 524 g/mol. The molecule has 2 N–H and O–H groups in total. The number of hydrogen-bond acceptors (Lipinski definition) is 4. The molecule has 0 amide bonds. The van der Waals surface area contributed by atoms with Gasteiger partial charge in [0.1, 0.15) is 0 Å². The van der Waals surface area contributed by atoms with E-state index in [0.29, 0.717) is 22.9 Å². The monoisotopic (exact) mass is 523 g/mol. The number of aliphatic hydroxyl groups excluding tert-OH is 1. The van der Waals surface area contributed by atoms with Gasteiger partial charge in [0.15, 0.2) is 11.5 Å². The first-order chi connectivity index (χ1) is 14.0. The van der Waals surface area contributed by atoms with Gasteiger partial charge in [0.2, 0.25) is 0 Å². The van der Waals surface area contributed by atoms with Crippen molar-refractivity contribution in [2.75, 3.05) is 19.5 Å². The van der Waals surface area contributed by atoms with Crippen molar-refractivity contribution in [2.24, 2.45) is 0 Å². The van der Waals surface area contributed by atoms with Gasteiger partial charge in [0.25, 0.3) is 0 Å². The summed E-state index contributed by atoms with van der Waals surface area (Å²) in [6, 6.07) is 21.1. The summed E-state index contributed by atoms with van der Waals surface area (Å²) in [7, 11) is 3.23.